The number of amides is 1. The van der Waals surface area contributed by atoms with Crippen molar-refractivity contribution in [1.29, 1.82) is 0 Å². The molecule has 2 heterocycles. The normalized spacial score (nSPS) is 15.7. The van der Waals surface area contributed by atoms with E-state index in [0.717, 1.165) is 0 Å². The second kappa shape index (κ2) is 7.68. The summed E-state index contributed by atoms with van der Waals surface area (Å²) in [6, 6.07) is 6.76. The standard InChI is InChI=1S/C16H18N4O4S/c21-16(15-11-17-4-5-18-15)19-14-3-1-2-13(10-14)12-25(22,23)20-6-8-24-9-7-20/h1-5,10-11H,6-9,12H2,(H,19,21). The summed E-state index contributed by atoms with van der Waals surface area (Å²) in [5.74, 6) is -0.525. The van der Waals surface area contributed by atoms with E-state index in [0.29, 0.717) is 37.6 Å². The molecule has 1 N–H and O–H groups in total. The first-order chi connectivity index (χ1) is 12.0. The number of ether oxygens (including phenoxy) is 1. The Morgan fingerprint density at radius 3 is 2.76 bits per heavy atom. The molecule has 0 aliphatic carbocycles. The number of hydrogen-bond acceptors (Lipinski definition) is 6. The molecule has 0 bridgehead atoms. The van der Waals surface area contributed by atoms with Crippen LogP contribution in [-0.4, -0.2) is 54.9 Å². The summed E-state index contributed by atoms with van der Waals surface area (Å²) >= 11 is 0. The number of hydrogen-bond donors (Lipinski definition) is 1. The molecule has 0 saturated carbocycles. The summed E-state index contributed by atoms with van der Waals surface area (Å²) in [4.78, 5) is 19.9. The number of aromatic nitrogens is 2. The van der Waals surface area contributed by atoms with Gasteiger partial charge in [0.15, 0.2) is 0 Å². The fourth-order valence-electron chi connectivity index (χ4n) is 2.48. The van der Waals surface area contributed by atoms with E-state index < -0.39 is 15.9 Å². The predicted molar refractivity (Wildman–Crippen MR) is 91.4 cm³/mol. The Morgan fingerprint density at radius 2 is 2.04 bits per heavy atom. The molecule has 1 saturated heterocycles. The summed E-state index contributed by atoms with van der Waals surface area (Å²) in [5, 5.41) is 2.69. The van der Waals surface area contributed by atoms with Gasteiger partial charge in [0, 0.05) is 31.2 Å². The highest BCUT2D eigenvalue weighted by atomic mass is 32.2. The monoisotopic (exact) mass is 362 g/mol. The van der Waals surface area contributed by atoms with Crippen molar-refractivity contribution in [2.45, 2.75) is 5.75 Å². The Balaban J connectivity index is 1.70. The Kier molecular flexibility index (Phi) is 5.37. The number of carbonyl (C=O) groups excluding carboxylic acids is 1. The molecule has 1 fully saturated rings. The van der Waals surface area contributed by atoms with E-state index in [1.165, 1.54) is 22.9 Å². The molecule has 1 aliphatic rings. The second-order valence-electron chi connectivity index (χ2n) is 5.51. The molecule has 1 amide bonds. The summed E-state index contributed by atoms with van der Waals surface area (Å²) < 4.78 is 31.6. The van der Waals surface area contributed by atoms with Gasteiger partial charge in [0.05, 0.1) is 25.2 Å². The van der Waals surface area contributed by atoms with Crippen LogP contribution in [0, 0.1) is 0 Å². The second-order valence-corrected chi connectivity index (χ2v) is 7.48. The zero-order valence-corrected chi connectivity index (χ0v) is 14.3. The number of sulfonamides is 1. The molecule has 9 heteroatoms. The van der Waals surface area contributed by atoms with Gasteiger partial charge in [-0.05, 0) is 17.7 Å². The highest BCUT2D eigenvalue weighted by Gasteiger charge is 2.24. The number of carbonyl (C=O) groups is 1. The van der Waals surface area contributed by atoms with Gasteiger partial charge < -0.3 is 10.1 Å². The minimum atomic E-state index is -3.42. The van der Waals surface area contributed by atoms with Crippen LogP contribution in [0.5, 0.6) is 0 Å². The minimum Gasteiger partial charge on any atom is -0.379 e. The highest BCUT2D eigenvalue weighted by molar-refractivity contribution is 7.88. The fraction of sp³-hybridized carbons (Fsp3) is 0.312. The molecule has 132 valence electrons. The summed E-state index contributed by atoms with van der Waals surface area (Å²) in [7, 11) is -3.42. The molecule has 2 aromatic rings. The predicted octanol–water partition coefficient (Wildman–Crippen LogP) is 0.891. The van der Waals surface area contributed by atoms with E-state index in [2.05, 4.69) is 15.3 Å². The van der Waals surface area contributed by atoms with Gasteiger partial charge in [-0.2, -0.15) is 4.31 Å². The zero-order valence-electron chi connectivity index (χ0n) is 13.5. The van der Waals surface area contributed by atoms with Gasteiger partial charge >= 0.3 is 0 Å². The maximum atomic E-state index is 12.5. The summed E-state index contributed by atoms with van der Waals surface area (Å²) in [5.41, 5.74) is 1.29. The maximum absolute atomic E-state index is 12.5. The van der Waals surface area contributed by atoms with Crippen LogP contribution in [-0.2, 0) is 20.5 Å². The van der Waals surface area contributed by atoms with Crippen molar-refractivity contribution >= 4 is 21.6 Å². The van der Waals surface area contributed by atoms with Crippen LogP contribution in [0.2, 0.25) is 0 Å². The third-order valence-corrected chi connectivity index (χ3v) is 5.54. The summed E-state index contributed by atoms with van der Waals surface area (Å²) in [6.07, 6.45) is 4.27. The van der Waals surface area contributed by atoms with Gasteiger partial charge in [0.25, 0.3) is 5.91 Å². The van der Waals surface area contributed by atoms with Crippen molar-refractivity contribution in [3.63, 3.8) is 0 Å². The molecule has 3 rings (SSSR count). The van der Waals surface area contributed by atoms with E-state index in [9.17, 15) is 13.2 Å². The maximum Gasteiger partial charge on any atom is 0.275 e. The number of anilines is 1. The van der Waals surface area contributed by atoms with Crippen LogP contribution in [0.25, 0.3) is 0 Å². The number of benzene rings is 1. The van der Waals surface area contributed by atoms with E-state index in [1.54, 1.807) is 24.3 Å². The van der Waals surface area contributed by atoms with Gasteiger partial charge in [-0.1, -0.05) is 12.1 Å². The van der Waals surface area contributed by atoms with Crippen molar-refractivity contribution in [1.82, 2.24) is 14.3 Å². The quantitative estimate of drug-likeness (QED) is 0.848. The van der Waals surface area contributed by atoms with Gasteiger partial charge in [0.1, 0.15) is 5.69 Å². The van der Waals surface area contributed by atoms with Gasteiger partial charge in [0.2, 0.25) is 10.0 Å². The Morgan fingerprint density at radius 1 is 1.24 bits per heavy atom. The lowest BCUT2D eigenvalue weighted by molar-refractivity contribution is 0.0729. The number of rotatable bonds is 5. The van der Waals surface area contributed by atoms with Crippen molar-refractivity contribution in [2.75, 3.05) is 31.6 Å². The molecular weight excluding hydrogens is 344 g/mol. The lowest BCUT2D eigenvalue weighted by Crippen LogP contribution is -2.41. The molecule has 0 spiro atoms. The number of nitrogens with one attached hydrogen (secondary N) is 1. The average Bonchev–Trinajstić information content (AvgIpc) is 2.63. The van der Waals surface area contributed by atoms with Crippen molar-refractivity contribution in [3.8, 4) is 0 Å². The van der Waals surface area contributed by atoms with Crippen LogP contribution < -0.4 is 5.32 Å². The lowest BCUT2D eigenvalue weighted by atomic mass is 10.2. The Labute approximate surface area is 145 Å². The SMILES string of the molecule is O=C(Nc1cccc(CS(=O)(=O)N2CCOCC2)c1)c1cnccn1. The molecule has 8 nitrogen and oxygen atoms in total. The van der Waals surface area contributed by atoms with Crippen LogP contribution in [0.3, 0.4) is 0 Å². The van der Waals surface area contributed by atoms with Crippen LogP contribution in [0.4, 0.5) is 5.69 Å². The minimum absolute atomic E-state index is 0.123. The number of morpholine rings is 1. The van der Waals surface area contributed by atoms with Crippen molar-refractivity contribution in [2.24, 2.45) is 0 Å². The average molecular weight is 362 g/mol. The molecule has 25 heavy (non-hydrogen) atoms. The van der Waals surface area contributed by atoms with Gasteiger partial charge in [-0.25, -0.2) is 13.4 Å². The fourth-order valence-corrected chi connectivity index (χ4v) is 3.97. The smallest absolute Gasteiger partial charge is 0.275 e. The lowest BCUT2D eigenvalue weighted by Gasteiger charge is -2.26. The van der Waals surface area contributed by atoms with Crippen molar-refractivity contribution in [3.05, 3.63) is 54.1 Å². The van der Waals surface area contributed by atoms with Crippen LogP contribution >= 0.6 is 0 Å². The molecule has 1 aromatic carbocycles. The molecular formula is C16H18N4O4S. The van der Waals surface area contributed by atoms with E-state index in [1.807, 2.05) is 0 Å². The van der Waals surface area contributed by atoms with Crippen LogP contribution in [0.1, 0.15) is 16.1 Å². The Bertz CT molecular complexity index is 836. The molecule has 0 radical (unpaired) electrons. The first-order valence-electron chi connectivity index (χ1n) is 7.76. The van der Waals surface area contributed by atoms with E-state index in [-0.39, 0.29) is 11.4 Å². The summed E-state index contributed by atoms with van der Waals surface area (Å²) in [6.45, 7) is 1.55. The Hall–Kier alpha value is -2.36. The zero-order chi connectivity index (χ0) is 17.7. The van der Waals surface area contributed by atoms with Crippen LogP contribution in [0.15, 0.2) is 42.9 Å². The topological polar surface area (TPSA) is 101 Å². The highest BCUT2D eigenvalue weighted by Crippen LogP contribution is 2.17. The first-order valence-corrected chi connectivity index (χ1v) is 9.37. The third-order valence-electron chi connectivity index (χ3n) is 3.69. The first kappa shape index (κ1) is 17.5. The van der Waals surface area contributed by atoms with E-state index >= 15 is 0 Å². The number of nitrogens with zero attached hydrogens (tertiary/aromatic N) is 3. The van der Waals surface area contributed by atoms with Gasteiger partial charge in [-0.15, -0.1) is 0 Å². The largest absolute Gasteiger partial charge is 0.379 e. The molecule has 1 aliphatic heterocycles. The van der Waals surface area contributed by atoms with Crippen molar-refractivity contribution < 1.29 is 17.9 Å². The van der Waals surface area contributed by atoms with Gasteiger partial charge in [-0.3, -0.25) is 9.78 Å². The molecule has 1 aromatic heterocycles. The third kappa shape index (κ3) is 4.59. The van der Waals surface area contributed by atoms with E-state index in [4.69, 9.17) is 4.74 Å². The molecule has 0 unspecified atom stereocenters. The molecule has 0 atom stereocenters.